The fourth-order valence-electron chi connectivity index (χ4n) is 1.52. The average molecular weight is 238 g/mol. The molecule has 17 heavy (non-hydrogen) atoms. The van der Waals surface area contributed by atoms with E-state index in [9.17, 15) is 4.79 Å². The summed E-state index contributed by atoms with van der Waals surface area (Å²) < 4.78 is 10.5. The Morgan fingerprint density at radius 3 is 2.35 bits per heavy atom. The molecule has 1 aromatic carbocycles. The Bertz CT molecular complexity index is 345. The van der Waals surface area contributed by atoms with Gasteiger partial charge in [0.15, 0.2) is 6.10 Å². The summed E-state index contributed by atoms with van der Waals surface area (Å²) in [6.45, 7) is 4.72. The van der Waals surface area contributed by atoms with E-state index in [1.165, 1.54) is 0 Å². The molecule has 0 bridgehead atoms. The van der Waals surface area contributed by atoms with E-state index in [0.717, 1.165) is 11.3 Å². The van der Waals surface area contributed by atoms with Gasteiger partial charge in [0.25, 0.3) is 0 Å². The lowest BCUT2D eigenvalue weighted by Gasteiger charge is -2.12. The highest BCUT2D eigenvalue weighted by Gasteiger charge is 2.17. The number of rotatable bonds is 7. The van der Waals surface area contributed by atoms with E-state index in [-0.39, 0.29) is 0 Å². The molecule has 0 saturated carbocycles. The summed E-state index contributed by atoms with van der Waals surface area (Å²) in [6, 6.07) is 7.40. The molecule has 0 fully saturated rings. The zero-order valence-corrected chi connectivity index (χ0v) is 10.2. The summed E-state index contributed by atoms with van der Waals surface area (Å²) in [4.78, 5) is 10.9. The SMILES string of the molecule is CCOc1ccc(CC(OCC)C(=O)O)cc1. The molecule has 4 heteroatoms. The lowest BCUT2D eigenvalue weighted by atomic mass is 10.1. The van der Waals surface area contributed by atoms with Crippen LogP contribution >= 0.6 is 0 Å². The molecule has 0 saturated heterocycles. The fourth-order valence-corrected chi connectivity index (χ4v) is 1.52. The van der Waals surface area contributed by atoms with E-state index < -0.39 is 12.1 Å². The van der Waals surface area contributed by atoms with E-state index in [1.54, 1.807) is 6.92 Å². The highest BCUT2D eigenvalue weighted by Crippen LogP contribution is 2.14. The van der Waals surface area contributed by atoms with Gasteiger partial charge in [-0.15, -0.1) is 0 Å². The van der Waals surface area contributed by atoms with Crippen LogP contribution in [0.3, 0.4) is 0 Å². The molecule has 1 atom stereocenters. The minimum atomic E-state index is -0.930. The number of benzene rings is 1. The Labute approximate surface area is 101 Å². The Morgan fingerprint density at radius 2 is 1.88 bits per heavy atom. The van der Waals surface area contributed by atoms with E-state index >= 15 is 0 Å². The summed E-state index contributed by atoms with van der Waals surface area (Å²) in [6.07, 6.45) is -0.409. The fraction of sp³-hybridized carbons (Fsp3) is 0.462. The first-order valence-electron chi connectivity index (χ1n) is 5.73. The lowest BCUT2D eigenvalue weighted by molar-refractivity contribution is -0.149. The number of carboxylic acid groups (broad SMARTS) is 1. The van der Waals surface area contributed by atoms with Crippen LogP contribution in [0.25, 0.3) is 0 Å². The van der Waals surface area contributed by atoms with Gasteiger partial charge in [0, 0.05) is 13.0 Å². The van der Waals surface area contributed by atoms with Crippen LogP contribution < -0.4 is 4.74 Å². The maximum absolute atomic E-state index is 10.9. The second-order valence-electron chi connectivity index (χ2n) is 3.56. The molecule has 0 heterocycles. The summed E-state index contributed by atoms with van der Waals surface area (Å²) in [5.41, 5.74) is 0.925. The molecule has 0 spiro atoms. The first-order chi connectivity index (χ1) is 8.17. The van der Waals surface area contributed by atoms with Crippen molar-refractivity contribution >= 4 is 5.97 Å². The van der Waals surface area contributed by atoms with Gasteiger partial charge in [-0.3, -0.25) is 0 Å². The molecule has 1 unspecified atom stereocenters. The number of hydrogen-bond donors (Lipinski definition) is 1. The van der Waals surface area contributed by atoms with Gasteiger partial charge in [-0.1, -0.05) is 12.1 Å². The van der Waals surface area contributed by atoms with E-state index in [2.05, 4.69) is 0 Å². The van der Waals surface area contributed by atoms with Gasteiger partial charge in [-0.05, 0) is 31.5 Å². The first kappa shape index (κ1) is 13.5. The topological polar surface area (TPSA) is 55.8 Å². The van der Waals surface area contributed by atoms with E-state index in [1.807, 2.05) is 31.2 Å². The van der Waals surface area contributed by atoms with Crippen LogP contribution in [-0.4, -0.2) is 30.4 Å². The van der Waals surface area contributed by atoms with Gasteiger partial charge in [0.05, 0.1) is 6.61 Å². The second-order valence-corrected chi connectivity index (χ2v) is 3.56. The quantitative estimate of drug-likeness (QED) is 0.790. The lowest BCUT2D eigenvalue weighted by Crippen LogP contribution is -2.26. The molecule has 0 radical (unpaired) electrons. The average Bonchev–Trinajstić information content (AvgIpc) is 2.31. The summed E-state index contributed by atoms with van der Waals surface area (Å²) in [5, 5.41) is 8.95. The van der Waals surface area contributed by atoms with E-state index in [0.29, 0.717) is 19.6 Å². The van der Waals surface area contributed by atoms with Crippen molar-refractivity contribution in [2.75, 3.05) is 13.2 Å². The normalized spacial score (nSPS) is 12.1. The van der Waals surface area contributed by atoms with Crippen molar-refractivity contribution in [1.29, 1.82) is 0 Å². The smallest absolute Gasteiger partial charge is 0.333 e. The summed E-state index contributed by atoms with van der Waals surface area (Å²) in [5.74, 6) is -0.139. The van der Waals surface area contributed by atoms with Gasteiger partial charge in [0.2, 0.25) is 0 Å². The predicted octanol–water partition coefficient (Wildman–Crippen LogP) is 2.12. The van der Waals surface area contributed by atoms with Crippen molar-refractivity contribution < 1.29 is 19.4 Å². The molecule has 0 aromatic heterocycles. The zero-order chi connectivity index (χ0) is 12.7. The highest BCUT2D eigenvalue weighted by molar-refractivity contribution is 5.72. The standard InChI is InChI=1S/C13H18O4/c1-3-16-11-7-5-10(6-8-11)9-12(13(14)15)17-4-2/h5-8,12H,3-4,9H2,1-2H3,(H,14,15). The van der Waals surface area contributed by atoms with Crippen molar-refractivity contribution in [3.05, 3.63) is 29.8 Å². The van der Waals surface area contributed by atoms with Crippen molar-refractivity contribution in [2.45, 2.75) is 26.4 Å². The van der Waals surface area contributed by atoms with Crippen molar-refractivity contribution in [1.82, 2.24) is 0 Å². The molecular weight excluding hydrogens is 220 g/mol. The Kier molecular flexibility index (Phi) is 5.49. The molecule has 1 N–H and O–H groups in total. The number of carbonyl (C=O) groups is 1. The van der Waals surface area contributed by atoms with Crippen LogP contribution in [0.15, 0.2) is 24.3 Å². The largest absolute Gasteiger partial charge is 0.494 e. The Balaban J connectivity index is 2.63. The van der Waals surface area contributed by atoms with Gasteiger partial charge in [0.1, 0.15) is 5.75 Å². The molecule has 0 aliphatic rings. The number of carboxylic acids is 1. The number of aliphatic carboxylic acids is 1. The molecule has 0 aliphatic heterocycles. The van der Waals surface area contributed by atoms with Gasteiger partial charge in [-0.2, -0.15) is 0 Å². The molecule has 1 aromatic rings. The van der Waals surface area contributed by atoms with Crippen LogP contribution in [-0.2, 0) is 16.0 Å². The molecular formula is C13H18O4. The van der Waals surface area contributed by atoms with Gasteiger partial charge < -0.3 is 14.6 Å². The van der Waals surface area contributed by atoms with Crippen molar-refractivity contribution in [3.8, 4) is 5.75 Å². The van der Waals surface area contributed by atoms with Crippen molar-refractivity contribution in [3.63, 3.8) is 0 Å². The Morgan fingerprint density at radius 1 is 1.24 bits per heavy atom. The molecule has 0 amide bonds. The van der Waals surface area contributed by atoms with Crippen LogP contribution in [0.5, 0.6) is 5.75 Å². The van der Waals surface area contributed by atoms with Crippen molar-refractivity contribution in [2.24, 2.45) is 0 Å². The van der Waals surface area contributed by atoms with Crippen LogP contribution in [0.2, 0.25) is 0 Å². The first-order valence-corrected chi connectivity index (χ1v) is 5.73. The van der Waals surface area contributed by atoms with Crippen LogP contribution in [0.1, 0.15) is 19.4 Å². The second kappa shape index (κ2) is 6.91. The number of hydrogen-bond acceptors (Lipinski definition) is 3. The zero-order valence-electron chi connectivity index (χ0n) is 10.2. The van der Waals surface area contributed by atoms with Gasteiger partial charge in [-0.25, -0.2) is 4.79 Å². The van der Waals surface area contributed by atoms with Crippen LogP contribution in [0.4, 0.5) is 0 Å². The summed E-state index contributed by atoms with van der Waals surface area (Å²) in [7, 11) is 0. The molecule has 0 aliphatic carbocycles. The minimum absolute atomic E-state index is 0.371. The molecule has 4 nitrogen and oxygen atoms in total. The van der Waals surface area contributed by atoms with E-state index in [4.69, 9.17) is 14.6 Å². The minimum Gasteiger partial charge on any atom is -0.494 e. The third kappa shape index (κ3) is 4.44. The maximum atomic E-state index is 10.9. The number of ether oxygens (including phenoxy) is 2. The monoisotopic (exact) mass is 238 g/mol. The molecule has 94 valence electrons. The maximum Gasteiger partial charge on any atom is 0.333 e. The van der Waals surface area contributed by atoms with Gasteiger partial charge >= 0.3 is 5.97 Å². The van der Waals surface area contributed by atoms with Crippen LogP contribution in [0, 0.1) is 0 Å². The predicted molar refractivity (Wildman–Crippen MR) is 64.4 cm³/mol. The molecule has 1 rings (SSSR count). The third-order valence-corrected chi connectivity index (χ3v) is 2.30. The highest BCUT2D eigenvalue weighted by atomic mass is 16.5. The Hall–Kier alpha value is -1.55. The summed E-state index contributed by atoms with van der Waals surface area (Å²) >= 11 is 0. The third-order valence-electron chi connectivity index (χ3n) is 2.30.